The molecule has 0 spiro atoms. The third kappa shape index (κ3) is 5.07. The summed E-state index contributed by atoms with van der Waals surface area (Å²) in [6.07, 6.45) is 0. The number of nitro groups is 1. The number of thiocarbonyl (C=S) groups is 1. The number of hydrogen-bond donors (Lipinski definition) is 2. The molecular weight excluding hydrogens is 386 g/mol. The zero-order valence-corrected chi connectivity index (χ0v) is 16.3. The summed E-state index contributed by atoms with van der Waals surface area (Å²) >= 11 is 5.14. The van der Waals surface area contributed by atoms with Gasteiger partial charge in [-0.25, -0.2) is 0 Å². The number of hydrogen-bond acceptors (Lipinski definition) is 7. The van der Waals surface area contributed by atoms with E-state index < -0.39 is 10.8 Å². The van der Waals surface area contributed by atoms with Crippen LogP contribution in [0.3, 0.4) is 0 Å². The van der Waals surface area contributed by atoms with Crippen LogP contribution in [0.5, 0.6) is 17.2 Å². The lowest BCUT2D eigenvalue weighted by Gasteiger charge is -2.14. The molecule has 0 saturated carbocycles. The van der Waals surface area contributed by atoms with Crippen molar-refractivity contribution in [2.24, 2.45) is 0 Å². The Balaban J connectivity index is 2.13. The maximum Gasteiger partial charge on any atom is 0.311 e. The van der Waals surface area contributed by atoms with Crippen LogP contribution in [0.2, 0.25) is 0 Å². The fourth-order valence-electron chi connectivity index (χ4n) is 2.31. The van der Waals surface area contributed by atoms with Crippen molar-refractivity contribution in [3.63, 3.8) is 0 Å². The first kappa shape index (κ1) is 20.9. The fourth-order valence-corrected chi connectivity index (χ4v) is 2.51. The van der Waals surface area contributed by atoms with Gasteiger partial charge in [-0.2, -0.15) is 0 Å². The van der Waals surface area contributed by atoms with Gasteiger partial charge < -0.3 is 19.5 Å². The van der Waals surface area contributed by atoms with E-state index in [1.807, 2.05) is 0 Å². The monoisotopic (exact) mass is 405 g/mol. The molecule has 2 rings (SSSR count). The minimum Gasteiger partial charge on any atom is -0.497 e. The Morgan fingerprint density at radius 3 is 2.50 bits per heavy atom. The molecule has 0 aromatic heterocycles. The number of nitrogens with zero attached hydrogens (tertiary/aromatic N) is 1. The summed E-state index contributed by atoms with van der Waals surface area (Å²) in [4.78, 5) is 23.0. The molecule has 2 aromatic carbocycles. The predicted octanol–water partition coefficient (Wildman–Crippen LogP) is 3.14. The average molecular weight is 405 g/mol. The van der Waals surface area contributed by atoms with E-state index in [1.54, 1.807) is 25.1 Å². The summed E-state index contributed by atoms with van der Waals surface area (Å²) < 4.78 is 15.6. The van der Waals surface area contributed by atoms with Crippen LogP contribution in [-0.2, 0) is 0 Å². The van der Waals surface area contributed by atoms with Crippen molar-refractivity contribution in [1.82, 2.24) is 5.32 Å². The minimum absolute atomic E-state index is 0.00463. The highest BCUT2D eigenvalue weighted by Gasteiger charge is 2.19. The van der Waals surface area contributed by atoms with Crippen LogP contribution >= 0.6 is 12.2 Å². The van der Waals surface area contributed by atoms with Gasteiger partial charge in [0.1, 0.15) is 11.5 Å². The second-order valence-corrected chi connectivity index (χ2v) is 5.76. The third-order valence-electron chi connectivity index (χ3n) is 3.60. The van der Waals surface area contributed by atoms with Gasteiger partial charge >= 0.3 is 5.69 Å². The van der Waals surface area contributed by atoms with Gasteiger partial charge in [0.25, 0.3) is 5.91 Å². The van der Waals surface area contributed by atoms with Crippen molar-refractivity contribution in [3.8, 4) is 17.2 Å². The Labute approximate surface area is 166 Å². The molecule has 1 amide bonds. The minimum atomic E-state index is -0.611. The van der Waals surface area contributed by atoms with Gasteiger partial charge in [-0.1, -0.05) is 0 Å². The Bertz CT molecular complexity index is 903. The van der Waals surface area contributed by atoms with Gasteiger partial charge in [-0.3, -0.25) is 20.2 Å². The lowest BCUT2D eigenvalue weighted by atomic mass is 10.1. The quantitative estimate of drug-likeness (QED) is 0.410. The Kier molecular flexibility index (Phi) is 7.10. The van der Waals surface area contributed by atoms with Crippen LogP contribution in [0.4, 0.5) is 11.4 Å². The van der Waals surface area contributed by atoms with E-state index in [4.69, 9.17) is 26.4 Å². The van der Waals surface area contributed by atoms with Gasteiger partial charge in [0.15, 0.2) is 10.9 Å². The number of rotatable bonds is 7. The number of ether oxygens (including phenoxy) is 3. The van der Waals surface area contributed by atoms with Gasteiger partial charge in [-0.05, 0) is 43.4 Å². The second-order valence-electron chi connectivity index (χ2n) is 5.35. The van der Waals surface area contributed by atoms with Crippen LogP contribution in [0.1, 0.15) is 17.3 Å². The van der Waals surface area contributed by atoms with Crippen LogP contribution in [-0.4, -0.2) is 36.8 Å². The summed E-state index contributed by atoms with van der Waals surface area (Å²) in [5.41, 5.74) is 0.289. The SMILES string of the molecule is CCOc1ccc(C(=O)NC(=S)Nc2ccc(OC)cc2OC)cc1[N+](=O)[O-]. The molecule has 0 radical (unpaired) electrons. The van der Waals surface area contributed by atoms with Gasteiger partial charge in [0, 0.05) is 17.7 Å². The van der Waals surface area contributed by atoms with Crippen molar-refractivity contribution in [3.05, 3.63) is 52.1 Å². The number of nitro benzene ring substituents is 1. The van der Waals surface area contributed by atoms with Crippen molar-refractivity contribution in [2.45, 2.75) is 6.92 Å². The molecule has 0 saturated heterocycles. The number of carbonyl (C=O) groups is 1. The van der Waals surface area contributed by atoms with E-state index in [-0.39, 0.29) is 28.7 Å². The molecule has 148 valence electrons. The average Bonchev–Trinajstić information content (AvgIpc) is 2.68. The molecule has 0 unspecified atom stereocenters. The largest absolute Gasteiger partial charge is 0.497 e. The highest BCUT2D eigenvalue weighted by Crippen LogP contribution is 2.29. The van der Waals surface area contributed by atoms with Crippen molar-refractivity contribution in [2.75, 3.05) is 26.1 Å². The number of amides is 1. The number of methoxy groups -OCH3 is 2. The van der Waals surface area contributed by atoms with E-state index in [0.717, 1.165) is 6.07 Å². The summed E-state index contributed by atoms with van der Waals surface area (Å²) in [5, 5.41) is 16.5. The molecule has 10 heteroatoms. The normalized spacial score (nSPS) is 9.96. The van der Waals surface area contributed by atoms with Crippen molar-refractivity contribution < 1.29 is 23.9 Å². The first-order valence-corrected chi connectivity index (χ1v) is 8.56. The topological polar surface area (TPSA) is 112 Å². The van der Waals surface area contributed by atoms with Crippen LogP contribution in [0.15, 0.2) is 36.4 Å². The Morgan fingerprint density at radius 2 is 1.89 bits per heavy atom. The zero-order valence-electron chi connectivity index (χ0n) is 15.5. The number of nitrogens with one attached hydrogen (secondary N) is 2. The Hall–Kier alpha value is -3.40. The first-order chi connectivity index (χ1) is 13.4. The molecule has 0 aliphatic heterocycles. The van der Waals surface area contributed by atoms with E-state index in [0.29, 0.717) is 17.2 Å². The molecule has 28 heavy (non-hydrogen) atoms. The summed E-state index contributed by atoms with van der Waals surface area (Å²) in [7, 11) is 3.02. The molecule has 0 atom stereocenters. The lowest BCUT2D eigenvalue weighted by Crippen LogP contribution is -2.34. The van der Waals surface area contributed by atoms with E-state index >= 15 is 0 Å². The molecule has 0 fully saturated rings. The highest BCUT2D eigenvalue weighted by atomic mass is 32.1. The maximum atomic E-state index is 12.4. The van der Waals surface area contributed by atoms with Crippen LogP contribution < -0.4 is 24.8 Å². The summed E-state index contributed by atoms with van der Waals surface area (Å²) in [6.45, 7) is 1.98. The van der Waals surface area contributed by atoms with E-state index in [1.165, 1.54) is 26.4 Å². The predicted molar refractivity (Wildman–Crippen MR) is 107 cm³/mol. The standard InChI is InChI=1S/C18H19N3O6S/c1-4-27-15-8-5-11(9-14(15)21(23)24)17(22)20-18(28)19-13-7-6-12(25-2)10-16(13)26-3/h5-10H,4H2,1-3H3,(H2,19,20,22,28). The number of anilines is 1. The number of benzene rings is 2. The second kappa shape index (κ2) is 9.51. The molecule has 0 heterocycles. The molecule has 9 nitrogen and oxygen atoms in total. The van der Waals surface area contributed by atoms with Crippen molar-refractivity contribution in [1.29, 1.82) is 0 Å². The number of carbonyl (C=O) groups excluding carboxylic acids is 1. The molecule has 0 aliphatic carbocycles. The van der Waals surface area contributed by atoms with Crippen molar-refractivity contribution >= 4 is 34.6 Å². The fraction of sp³-hybridized carbons (Fsp3) is 0.222. The zero-order chi connectivity index (χ0) is 20.7. The van der Waals surface area contributed by atoms with E-state index in [9.17, 15) is 14.9 Å². The van der Waals surface area contributed by atoms with Crippen LogP contribution in [0.25, 0.3) is 0 Å². The molecule has 2 N–H and O–H groups in total. The molecule has 2 aromatic rings. The Morgan fingerprint density at radius 1 is 1.14 bits per heavy atom. The maximum absolute atomic E-state index is 12.4. The summed E-state index contributed by atoms with van der Waals surface area (Å²) in [6, 6.07) is 8.96. The third-order valence-corrected chi connectivity index (χ3v) is 3.81. The smallest absolute Gasteiger partial charge is 0.311 e. The molecular formula is C18H19N3O6S. The highest BCUT2D eigenvalue weighted by molar-refractivity contribution is 7.80. The van der Waals surface area contributed by atoms with Gasteiger partial charge in [0.2, 0.25) is 0 Å². The van der Waals surface area contributed by atoms with Crippen LogP contribution in [0, 0.1) is 10.1 Å². The van der Waals surface area contributed by atoms with Gasteiger partial charge in [-0.15, -0.1) is 0 Å². The lowest BCUT2D eigenvalue weighted by molar-refractivity contribution is -0.385. The molecule has 0 bridgehead atoms. The molecule has 0 aliphatic rings. The first-order valence-electron chi connectivity index (χ1n) is 8.15. The van der Waals surface area contributed by atoms with E-state index in [2.05, 4.69) is 10.6 Å². The van der Waals surface area contributed by atoms with Gasteiger partial charge in [0.05, 0.1) is 31.4 Å². The summed E-state index contributed by atoms with van der Waals surface area (Å²) in [5.74, 6) is 0.551.